The minimum atomic E-state index is -0.131. The lowest BCUT2D eigenvalue weighted by Gasteiger charge is -2.09. The van der Waals surface area contributed by atoms with Crippen molar-refractivity contribution in [3.8, 4) is 5.75 Å². The number of carbonyl (C=O) groups excluding carboxylic acids is 1. The number of thiophene rings is 1. The van der Waals surface area contributed by atoms with E-state index >= 15 is 0 Å². The fraction of sp³-hybridized carbons (Fsp3) is 0.235. The van der Waals surface area contributed by atoms with Crippen molar-refractivity contribution in [1.29, 1.82) is 0 Å². The van der Waals surface area contributed by atoms with Crippen molar-refractivity contribution >= 4 is 49.2 Å². The molecular formula is C17H17BrN4O2S. The molecule has 0 bridgehead atoms. The maximum Gasteiger partial charge on any atom is 0.252 e. The first kappa shape index (κ1) is 17.6. The molecule has 1 aromatic carbocycles. The molecule has 3 rings (SSSR count). The first-order chi connectivity index (χ1) is 12.2. The third kappa shape index (κ3) is 4.26. The Kier molecular flexibility index (Phi) is 5.83. The molecule has 2 N–H and O–H groups in total. The monoisotopic (exact) mass is 420 g/mol. The molecule has 0 aliphatic heterocycles. The van der Waals surface area contributed by atoms with Gasteiger partial charge in [-0.2, -0.15) is 0 Å². The molecule has 0 saturated carbocycles. The zero-order valence-electron chi connectivity index (χ0n) is 13.6. The molecule has 0 fully saturated rings. The number of methoxy groups -OCH3 is 1. The van der Waals surface area contributed by atoms with Gasteiger partial charge >= 0.3 is 0 Å². The van der Waals surface area contributed by atoms with Crippen LogP contribution in [0.4, 0.5) is 5.82 Å². The molecular weight excluding hydrogens is 404 g/mol. The van der Waals surface area contributed by atoms with Gasteiger partial charge in [-0.05, 0) is 52.0 Å². The first-order valence-electron chi connectivity index (χ1n) is 7.73. The van der Waals surface area contributed by atoms with E-state index in [1.165, 1.54) is 0 Å². The molecule has 0 unspecified atom stereocenters. The van der Waals surface area contributed by atoms with Gasteiger partial charge in [0.05, 0.1) is 18.1 Å². The van der Waals surface area contributed by atoms with Gasteiger partial charge < -0.3 is 15.4 Å². The predicted molar refractivity (Wildman–Crippen MR) is 104 cm³/mol. The topological polar surface area (TPSA) is 76.1 Å². The lowest BCUT2D eigenvalue weighted by atomic mass is 10.2. The summed E-state index contributed by atoms with van der Waals surface area (Å²) in [7, 11) is 1.58. The normalized spacial score (nSPS) is 10.6. The molecule has 6 nitrogen and oxygen atoms in total. The minimum absolute atomic E-state index is 0.131. The van der Waals surface area contributed by atoms with Crippen molar-refractivity contribution < 1.29 is 9.53 Å². The van der Waals surface area contributed by atoms with Crippen LogP contribution in [0.3, 0.4) is 0 Å². The van der Waals surface area contributed by atoms with E-state index in [9.17, 15) is 4.79 Å². The summed E-state index contributed by atoms with van der Waals surface area (Å²) >= 11 is 4.98. The zero-order valence-corrected chi connectivity index (χ0v) is 16.0. The van der Waals surface area contributed by atoms with E-state index in [4.69, 9.17) is 4.74 Å². The summed E-state index contributed by atoms with van der Waals surface area (Å²) in [6, 6.07) is 7.32. The van der Waals surface area contributed by atoms with Gasteiger partial charge in [-0.15, -0.1) is 11.3 Å². The lowest BCUT2D eigenvalue weighted by Crippen LogP contribution is -2.26. The van der Waals surface area contributed by atoms with Gasteiger partial charge in [-0.25, -0.2) is 9.97 Å². The van der Waals surface area contributed by atoms with E-state index in [0.717, 1.165) is 26.9 Å². The summed E-state index contributed by atoms with van der Waals surface area (Å²) in [6.45, 7) is 1.27. The summed E-state index contributed by atoms with van der Waals surface area (Å²) in [6.07, 6.45) is 2.34. The summed E-state index contributed by atoms with van der Waals surface area (Å²) < 4.78 is 5.90. The second kappa shape index (κ2) is 8.26. The van der Waals surface area contributed by atoms with Crippen LogP contribution in [-0.4, -0.2) is 36.1 Å². The molecule has 130 valence electrons. The van der Waals surface area contributed by atoms with Crippen molar-refractivity contribution in [2.45, 2.75) is 6.42 Å². The number of amides is 1. The number of carbonyl (C=O) groups is 1. The number of hydrogen-bond donors (Lipinski definition) is 2. The number of fused-ring (bicyclic) bond motifs is 1. The second-order valence-corrected chi connectivity index (χ2v) is 6.99. The minimum Gasteiger partial charge on any atom is -0.497 e. The highest BCUT2D eigenvalue weighted by atomic mass is 79.9. The quantitative estimate of drug-likeness (QED) is 0.569. The van der Waals surface area contributed by atoms with Gasteiger partial charge in [-0.1, -0.05) is 0 Å². The summed E-state index contributed by atoms with van der Waals surface area (Å²) in [5.41, 5.74) is 0.558. The Bertz CT molecular complexity index is 884. The summed E-state index contributed by atoms with van der Waals surface area (Å²) in [5.74, 6) is 1.35. The fourth-order valence-electron chi connectivity index (χ4n) is 2.33. The van der Waals surface area contributed by atoms with Crippen molar-refractivity contribution in [2.75, 3.05) is 25.5 Å². The van der Waals surface area contributed by atoms with Gasteiger partial charge in [-0.3, -0.25) is 4.79 Å². The van der Waals surface area contributed by atoms with E-state index in [1.807, 2.05) is 11.4 Å². The molecule has 25 heavy (non-hydrogen) atoms. The Labute approximate surface area is 157 Å². The van der Waals surface area contributed by atoms with Crippen LogP contribution in [0.5, 0.6) is 5.75 Å². The number of ether oxygens (including phenoxy) is 1. The highest BCUT2D eigenvalue weighted by Gasteiger charge is 2.11. The molecule has 0 atom stereocenters. The van der Waals surface area contributed by atoms with Crippen LogP contribution >= 0.6 is 27.3 Å². The Morgan fingerprint density at radius 2 is 2.16 bits per heavy atom. The molecule has 0 aliphatic rings. The number of benzene rings is 1. The Balaban J connectivity index is 1.49. The highest BCUT2D eigenvalue weighted by Crippen LogP contribution is 2.24. The third-order valence-corrected chi connectivity index (χ3v) is 5.12. The van der Waals surface area contributed by atoms with Gasteiger partial charge in [0.2, 0.25) is 0 Å². The number of anilines is 1. The number of rotatable bonds is 7. The number of nitrogens with one attached hydrogen (secondary N) is 2. The number of nitrogens with zero attached hydrogens (tertiary/aromatic N) is 2. The highest BCUT2D eigenvalue weighted by molar-refractivity contribution is 9.10. The van der Waals surface area contributed by atoms with Crippen molar-refractivity contribution in [2.24, 2.45) is 0 Å². The van der Waals surface area contributed by atoms with Gasteiger partial charge in [0, 0.05) is 17.6 Å². The third-order valence-electron chi connectivity index (χ3n) is 3.61. The number of halogens is 1. The van der Waals surface area contributed by atoms with Crippen LogP contribution in [0, 0.1) is 0 Å². The predicted octanol–water partition coefficient (Wildman–Crippen LogP) is 3.69. The molecule has 0 saturated heterocycles. The van der Waals surface area contributed by atoms with Gasteiger partial charge in [0.25, 0.3) is 5.91 Å². The van der Waals surface area contributed by atoms with Crippen molar-refractivity contribution in [3.05, 3.63) is 46.0 Å². The van der Waals surface area contributed by atoms with Crippen LogP contribution in [0.25, 0.3) is 10.2 Å². The van der Waals surface area contributed by atoms with Crippen LogP contribution in [-0.2, 0) is 0 Å². The van der Waals surface area contributed by atoms with Gasteiger partial charge in [0.15, 0.2) is 0 Å². The van der Waals surface area contributed by atoms with Crippen molar-refractivity contribution in [3.63, 3.8) is 0 Å². The molecule has 1 amide bonds. The van der Waals surface area contributed by atoms with E-state index in [0.29, 0.717) is 24.4 Å². The maximum absolute atomic E-state index is 12.3. The molecule has 0 spiro atoms. The molecule has 3 aromatic rings. The summed E-state index contributed by atoms with van der Waals surface area (Å²) in [4.78, 5) is 21.7. The largest absolute Gasteiger partial charge is 0.497 e. The van der Waals surface area contributed by atoms with Crippen LogP contribution in [0.2, 0.25) is 0 Å². The standard InChI is InChI=1S/C17H17BrN4O2S/c1-24-11-3-4-14(18)13(9-11)16(23)20-7-2-6-19-15-12-5-8-25-17(12)22-10-21-15/h3-5,8-10H,2,6-7H2,1H3,(H,20,23)(H,19,21,22). The Hall–Kier alpha value is -2.19. The molecule has 0 radical (unpaired) electrons. The Morgan fingerprint density at radius 1 is 1.28 bits per heavy atom. The first-order valence-corrected chi connectivity index (χ1v) is 9.40. The average molecular weight is 421 g/mol. The SMILES string of the molecule is COc1ccc(Br)c(C(=O)NCCCNc2ncnc3sccc23)c1. The van der Waals surface area contributed by atoms with E-state index in [-0.39, 0.29) is 5.91 Å². The molecule has 2 heterocycles. The lowest BCUT2D eigenvalue weighted by molar-refractivity contribution is 0.0952. The maximum atomic E-state index is 12.3. The van der Waals surface area contributed by atoms with Crippen LogP contribution in [0.15, 0.2) is 40.4 Å². The van der Waals surface area contributed by atoms with Crippen LogP contribution < -0.4 is 15.4 Å². The number of aromatic nitrogens is 2. The molecule has 2 aromatic heterocycles. The van der Waals surface area contributed by atoms with Crippen molar-refractivity contribution in [1.82, 2.24) is 15.3 Å². The van der Waals surface area contributed by atoms with E-state index < -0.39 is 0 Å². The fourth-order valence-corrected chi connectivity index (χ4v) is 3.49. The molecule has 8 heteroatoms. The Morgan fingerprint density at radius 3 is 3.00 bits per heavy atom. The smallest absolute Gasteiger partial charge is 0.252 e. The second-order valence-electron chi connectivity index (χ2n) is 5.24. The van der Waals surface area contributed by atoms with E-state index in [1.54, 1.807) is 43.0 Å². The van der Waals surface area contributed by atoms with Gasteiger partial charge in [0.1, 0.15) is 22.7 Å². The van der Waals surface area contributed by atoms with E-state index in [2.05, 4.69) is 36.5 Å². The summed E-state index contributed by atoms with van der Waals surface area (Å²) in [5, 5.41) is 9.23. The number of hydrogen-bond acceptors (Lipinski definition) is 6. The van der Waals surface area contributed by atoms with Crippen LogP contribution in [0.1, 0.15) is 16.8 Å². The molecule has 0 aliphatic carbocycles. The average Bonchev–Trinajstić information content (AvgIpc) is 3.11. The zero-order chi connectivity index (χ0) is 17.6.